The molecule has 0 spiro atoms. The number of rotatable bonds is 4. The molecule has 7 heteroatoms. The van der Waals surface area contributed by atoms with E-state index in [1.807, 2.05) is 0 Å². The highest BCUT2D eigenvalue weighted by Crippen LogP contribution is 2.13. The first-order valence-corrected chi connectivity index (χ1v) is 7.79. The van der Waals surface area contributed by atoms with Crippen LogP contribution in [0.1, 0.15) is 36.8 Å². The number of aromatic nitrogens is 1. The molecule has 2 amide bonds. The van der Waals surface area contributed by atoms with Crippen molar-refractivity contribution in [3.05, 3.63) is 64.1 Å². The highest BCUT2D eigenvalue weighted by molar-refractivity contribution is 5.95. The fourth-order valence-corrected chi connectivity index (χ4v) is 2.00. The lowest BCUT2D eigenvalue weighted by atomic mass is 10.2. The number of hydrogen-bond acceptors (Lipinski definition) is 4. The normalized spacial score (nSPS) is 10.8. The van der Waals surface area contributed by atoms with Gasteiger partial charge in [0.1, 0.15) is 5.60 Å². The lowest BCUT2D eigenvalue weighted by Crippen LogP contribution is -2.27. The maximum Gasteiger partial charge on any atom is 0.412 e. The molecule has 2 aromatic rings. The maximum absolute atomic E-state index is 12.1. The van der Waals surface area contributed by atoms with Gasteiger partial charge in [0.05, 0.1) is 6.54 Å². The molecule has 0 saturated heterocycles. The predicted molar refractivity (Wildman–Crippen MR) is 94.5 cm³/mol. The molecule has 0 fully saturated rings. The zero-order valence-corrected chi connectivity index (χ0v) is 14.4. The average molecular weight is 343 g/mol. The molecule has 0 saturated carbocycles. The lowest BCUT2D eigenvalue weighted by Gasteiger charge is -2.19. The third kappa shape index (κ3) is 6.14. The van der Waals surface area contributed by atoms with E-state index in [9.17, 15) is 14.4 Å². The molecule has 25 heavy (non-hydrogen) atoms. The molecular formula is C18H21N3O4. The molecule has 0 aliphatic rings. The van der Waals surface area contributed by atoms with Crippen LogP contribution >= 0.6 is 0 Å². The Morgan fingerprint density at radius 1 is 1.12 bits per heavy atom. The van der Waals surface area contributed by atoms with E-state index in [0.717, 1.165) is 0 Å². The fourth-order valence-electron chi connectivity index (χ4n) is 2.00. The van der Waals surface area contributed by atoms with Crippen molar-refractivity contribution in [1.82, 2.24) is 10.3 Å². The van der Waals surface area contributed by atoms with Crippen LogP contribution in [0, 0.1) is 0 Å². The number of amides is 2. The van der Waals surface area contributed by atoms with E-state index in [0.29, 0.717) is 16.9 Å². The number of anilines is 1. The van der Waals surface area contributed by atoms with Crippen molar-refractivity contribution in [2.45, 2.75) is 32.9 Å². The van der Waals surface area contributed by atoms with Crippen molar-refractivity contribution in [1.29, 1.82) is 0 Å². The summed E-state index contributed by atoms with van der Waals surface area (Å²) in [6.45, 7) is 5.55. The summed E-state index contributed by atoms with van der Waals surface area (Å²) >= 11 is 0. The van der Waals surface area contributed by atoms with E-state index < -0.39 is 11.7 Å². The molecular weight excluding hydrogens is 322 g/mol. The number of ether oxygens (including phenoxy) is 1. The molecule has 2 rings (SSSR count). The Morgan fingerprint density at radius 2 is 1.80 bits per heavy atom. The minimum atomic E-state index is -0.581. The molecule has 0 radical (unpaired) electrons. The molecule has 7 nitrogen and oxygen atoms in total. The summed E-state index contributed by atoms with van der Waals surface area (Å²) < 4.78 is 5.16. The van der Waals surface area contributed by atoms with E-state index in [1.165, 1.54) is 18.3 Å². The summed E-state index contributed by atoms with van der Waals surface area (Å²) in [5.41, 5.74) is 0.873. The van der Waals surface area contributed by atoms with Crippen molar-refractivity contribution in [2.24, 2.45) is 0 Å². The zero-order chi connectivity index (χ0) is 18.4. The molecule has 1 aromatic heterocycles. The Balaban J connectivity index is 1.91. The molecule has 0 bridgehead atoms. The smallest absolute Gasteiger partial charge is 0.412 e. The fraction of sp³-hybridized carbons (Fsp3) is 0.278. The van der Waals surface area contributed by atoms with Crippen LogP contribution in [0.2, 0.25) is 0 Å². The number of pyridine rings is 1. The van der Waals surface area contributed by atoms with Gasteiger partial charge in [-0.25, -0.2) is 4.79 Å². The van der Waals surface area contributed by atoms with Gasteiger partial charge in [-0.1, -0.05) is 0 Å². The summed E-state index contributed by atoms with van der Waals surface area (Å²) in [5, 5.41) is 5.31. The third-order valence-electron chi connectivity index (χ3n) is 3.06. The summed E-state index contributed by atoms with van der Waals surface area (Å²) in [4.78, 5) is 37.9. The van der Waals surface area contributed by atoms with Crippen molar-refractivity contribution in [3.63, 3.8) is 0 Å². The van der Waals surface area contributed by atoms with E-state index in [1.54, 1.807) is 45.0 Å². The van der Waals surface area contributed by atoms with Gasteiger partial charge in [0.15, 0.2) is 5.43 Å². The number of nitrogens with one attached hydrogen (secondary N) is 3. The van der Waals surface area contributed by atoms with Gasteiger partial charge in [0.25, 0.3) is 5.91 Å². The Morgan fingerprint density at radius 3 is 2.40 bits per heavy atom. The van der Waals surface area contributed by atoms with Gasteiger partial charge in [-0.15, -0.1) is 0 Å². The van der Waals surface area contributed by atoms with Crippen LogP contribution in [0.4, 0.5) is 10.5 Å². The van der Waals surface area contributed by atoms with Crippen LogP contribution in [0.15, 0.2) is 47.4 Å². The van der Waals surface area contributed by atoms with Gasteiger partial charge in [0, 0.05) is 35.3 Å². The number of benzene rings is 1. The van der Waals surface area contributed by atoms with Crippen molar-refractivity contribution in [3.8, 4) is 0 Å². The van der Waals surface area contributed by atoms with E-state index in [-0.39, 0.29) is 17.9 Å². The minimum absolute atomic E-state index is 0.124. The summed E-state index contributed by atoms with van der Waals surface area (Å²) in [5.74, 6) is -0.284. The Kier molecular flexibility index (Phi) is 5.59. The number of H-pyrrole nitrogens is 1. The van der Waals surface area contributed by atoms with E-state index in [4.69, 9.17) is 4.74 Å². The summed E-state index contributed by atoms with van der Waals surface area (Å²) in [7, 11) is 0. The van der Waals surface area contributed by atoms with Gasteiger partial charge >= 0.3 is 6.09 Å². The lowest BCUT2D eigenvalue weighted by molar-refractivity contribution is 0.0635. The third-order valence-corrected chi connectivity index (χ3v) is 3.06. The molecule has 3 N–H and O–H groups in total. The topological polar surface area (TPSA) is 100 Å². The first kappa shape index (κ1) is 18.3. The molecule has 1 aromatic carbocycles. The summed E-state index contributed by atoms with van der Waals surface area (Å²) in [6, 6.07) is 9.24. The second kappa shape index (κ2) is 7.65. The molecule has 0 atom stereocenters. The first-order chi connectivity index (χ1) is 11.7. The minimum Gasteiger partial charge on any atom is -0.444 e. The van der Waals surface area contributed by atoms with Crippen LogP contribution in [-0.2, 0) is 11.3 Å². The number of aromatic amines is 1. The number of carbonyl (C=O) groups is 2. The monoisotopic (exact) mass is 343 g/mol. The SMILES string of the molecule is CC(C)(C)OC(=O)Nc1ccc(C(=O)NCc2cc(=O)cc[nH]2)cc1. The van der Waals surface area contributed by atoms with Crippen LogP contribution < -0.4 is 16.1 Å². The molecule has 0 unspecified atom stereocenters. The second-order valence-corrected chi connectivity index (χ2v) is 6.44. The average Bonchev–Trinajstić information content (AvgIpc) is 2.51. The van der Waals surface area contributed by atoms with Gasteiger partial charge in [-0.05, 0) is 45.0 Å². The van der Waals surface area contributed by atoms with Gasteiger partial charge in [-0.3, -0.25) is 14.9 Å². The van der Waals surface area contributed by atoms with Gasteiger partial charge < -0.3 is 15.0 Å². The Hall–Kier alpha value is -3.09. The predicted octanol–water partition coefficient (Wildman–Crippen LogP) is 2.65. The highest BCUT2D eigenvalue weighted by Gasteiger charge is 2.16. The largest absolute Gasteiger partial charge is 0.444 e. The second-order valence-electron chi connectivity index (χ2n) is 6.44. The molecule has 132 valence electrons. The standard InChI is InChI=1S/C18H21N3O4/c1-18(2,3)25-17(24)21-13-6-4-12(5-7-13)16(23)20-11-14-10-15(22)8-9-19-14/h4-10H,11H2,1-3H3,(H,19,22)(H,20,23)(H,21,24). The van der Waals surface area contributed by atoms with Gasteiger partial charge in [-0.2, -0.15) is 0 Å². The maximum atomic E-state index is 12.1. The number of hydrogen-bond donors (Lipinski definition) is 3. The molecule has 0 aliphatic heterocycles. The van der Waals surface area contributed by atoms with Crippen molar-refractivity contribution in [2.75, 3.05) is 5.32 Å². The van der Waals surface area contributed by atoms with Crippen molar-refractivity contribution < 1.29 is 14.3 Å². The van der Waals surface area contributed by atoms with Crippen molar-refractivity contribution >= 4 is 17.7 Å². The van der Waals surface area contributed by atoms with Gasteiger partial charge in [0.2, 0.25) is 0 Å². The quantitative estimate of drug-likeness (QED) is 0.794. The zero-order valence-electron chi connectivity index (χ0n) is 14.4. The first-order valence-electron chi connectivity index (χ1n) is 7.79. The Bertz CT molecular complexity index is 804. The number of carbonyl (C=O) groups excluding carboxylic acids is 2. The van der Waals surface area contributed by atoms with E-state index >= 15 is 0 Å². The van der Waals surface area contributed by atoms with Crippen LogP contribution in [0.25, 0.3) is 0 Å². The van der Waals surface area contributed by atoms with Crippen LogP contribution in [0.5, 0.6) is 0 Å². The highest BCUT2D eigenvalue weighted by atomic mass is 16.6. The Labute approximate surface area is 145 Å². The molecule has 0 aliphatic carbocycles. The van der Waals surface area contributed by atoms with E-state index in [2.05, 4.69) is 15.6 Å². The summed E-state index contributed by atoms with van der Waals surface area (Å²) in [6.07, 6.45) is 0.971. The van der Waals surface area contributed by atoms with Crippen LogP contribution in [0.3, 0.4) is 0 Å². The molecule has 1 heterocycles. The van der Waals surface area contributed by atoms with Crippen LogP contribution in [-0.4, -0.2) is 22.6 Å².